The lowest BCUT2D eigenvalue weighted by atomic mass is 9.86. The van der Waals surface area contributed by atoms with Crippen molar-refractivity contribution in [1.82, 2.24) is 5.16 Å². The average Bonchev–Trinajstić information content (AvgIpc) is 2.89. The van der Waals surface area contributed by atoms with Crippen LogP contribution in [0.2, 0.25) is 0 Å². The Morgan fingerprint density at radius 1 is 1.52 bits per heavy atom. The molecule has 1 atom stereocenters. The molecule has 2 rings (SSSR count). The third kappa shape index (κ3) is 4.01. The minimum Gasteiger partial charge on any atom is -0.389 e. The van der Waals surface area contributed by atoms with Crippen LogP contribution in [0.1, 0.15) is 44.1 Å². The van der Waals surface area contributed by atoms with Crippen LogP contribution in [0, 0.1) is 17.8 Å². The van der Waals surface area contributed by atoms with Gasteiger partial charge in [-0.1, -0.05) is 17.5 Å². The summed E-state index contributed by atoms with van der Waals surface area (Å²) in [5.41, 5.74) is 0.545. The van der Waals surface area contributed by atoms with Crippen molar-refractivity contribution in [1.29, 1.82) is 0 Å². The van der Waals surface area contributed by atoms with Gasteiger partial charge in [-0.3, -0.25) is 4.79 Å². The van der Waals surface area contributed by atoms with E-state index in [4.69, 9.17) is 9.63 Å². The van der Waals surface area contributed by atoms with E-state index in [0.29, 0.717) is 17.4 Å². The average molecular weight is 339 g/mol. The van der Waals surface area contributed by atoms with E-state index in [9.17, 15) is 13.2 Å². The highest BCUT2D eigenvalue weighted by atomic mass is 32.2. The van der Waals surface area contributed by atoms with Gasteiger partial charge in [0.15, 0.2) is 15.6 Å². The molecule has 6 nitrogen and oxygen atoms in total. The van der Waals surface area contributed by atoms with Gasteiger partial charge in [-0.05, 0) is 38.5 Å². The summed E-state index contributed by atoms with van der Waals surface area (Å²) in [7, 11) is -3.65. The van der Waals surface area contributed by atoms with E-state index in [1.54, 1.807) is 6.07 Å². The molecule has 0 unspecified atom stereocenters. The van der Waals surface area contributed by atoms with Gasteiger partial charge in [-0.15, -0.1) is 0 Å². The number of aryl methyl sites for hydroxylation is 1. The highest BCUT2D eigenvalue weighted by molar-refractivity contribution is 7.92. The molecule has 23 heavy (non-hydrogen) atoms. The first kappa shape index (κ1) is 17.7. The Bertz CT molecular complexity index is 736. The van der Waals surface area contributed by atoms with Gasteiger partial charge < -0.3 is 9.63 Å². The van der Waals surface area contributed by atoms with E-state index in [0.717, 1.165) is 19.1 Å². The lowest BCUT2D eigenvalue weighted by Crippen LogP contribution is -2.45. The largest absolute Gasteiger partial charge is 0.389 e. The molecule has 1 saturated carbocycles. The quantitative estimate of drug-likeness (QED) is 0.780. The molecule has 126 valence electrons. The number of nitrogens with zero attached hydrogens (tertiary/aromatic N) is 1. The van der Waals surface area contributed by atoms with E-state index in [1.165, 1.54) is 13.3 Å². The summed E-state index contributed by atoms with van der Waals surface area (Å²) >= 11 is 0. The molecule has 1 aliphatic rings. The number of aromatic nitrogens is 1. The highest BCUT2D eigenvalue weighted by Crippen LogP contribution is 2.26. The molecular weight excluding hydrogens is 318 g/mol. The molecule has 0 spiro atoms. The predicted octanol–water partition coefficient (Wildman–Crippen LogP) is 1.12. The molecule has 0 aromatic carbocycles. The van der Waals surface area contributed by atoms with Crippen molar-refractivity contribution in [2.45, 2.75) is 43.8 Å². The number of rotatable bonds is 6. The first-order chi connectivity index (χ1) is 10.8. The van der Waals surface area contributed by atoms with Gasteiger partial charge in [0, 0.05) is 18.2 Å². The zero-order valence-corrected chi connectivity index (χ0v) is 14.1. The summed E-state index contributed by atoms with van der Waals surface area (Å²) in [5.74, 6) is 6.19. The van der Waals surface area contributed by atoms with Crippen molar-refractivity contribution in [3.63, 3.8) is 0 Å². The molecule has 1 N–H and O–H groups in total. The summed E-state index contributed by atoms with van der Waals surface area (Å²) in [4.78, 5) is 11.8. The molecule has 0 aliphatic heterocycles. The van der Waals surface area contributed by atoms with Gasteiger partial charge in [-0.25, -0.2) is 8.42 Å². The summed E-state index contributed by atoms with van der Waals surface area (Å²) in [5, 5.41) is 12.9. The Hall–Kier alpha value is -1.65. The predicted molar refractivity (Wildman–Crippen MR) is 84.4 cm³/mol. The Morgan fingerprint density at radius 2 is 2.22 bits per heavy atom. The fourth-order valence-electron chi connectivity index (χ4n) is 2.28. The van der Waals surface area contributed by atoms with E-state index >= 15 is 0 Å². The lowest BCUT2D eigenvalue weighted by molar-refractivity contribution is -0.124. The monoisotopic (exact) mass is 339 g/mol. The van der Waals surface area contributed by atoms with Crippen LogP contribution >= 0.6 is 0 Å². The maximum atomic E-state index is 11.9. The van der Waals surface area contributed by atoms with Crippen LogP contribution in [0.3, 0.4) is 0 Å². The van der Waals surface area contributed by atoms with Crippen LogP contribution in [0.5, 0.6) is 0 Å². The molecule has 7 heteroatoms. The summed E-state index contributed by atoms with van der Waals surface area (Å²) in [6.07, 6.45) is 4.73. The Balaban J connectivity index is 2.05. The SMILES string of the molecule is C[C@@](CCc1cc(C#CC2CCC2)on1)(C(=O)CO)S(C)(=O)=O. The molecule has 0 bridgehead atoms. The van der Waals surface area contributed by atoms with Crippen molar-refractivity contribution in [2.24, 2.45) is 5.92 Å². The zero-order valence-electron chi connectivity index (χ0n) is 13.3. The van der Waals surface area contributed by atoms with Crippen LogP contribution in [0.25, 0.3) is 0 Å². The molecule has 1 fully saturated rings. The van der Waals surface area contributed by atoms with E-state index in [2.05, 4.69) is 17.0 Å². The fourth-order valence-corrected chi connectivity index (χ4v) is 3.23. The molecule has 0 radical (unpaired) electrons. The molecule has 0 saturated heterocycles. The third-order valence-electron chi connectivity index (χ3n) is 4.47. The number of aliphatic hydroxyl groups excluding tert-OH is 1. The van der Waals surface area contributed by atoms with Gasteiger partial charge >= 0.3 is 0 Å². The van der Waals surface area contributed by atoms with Crippen LogP contribution in [0.4, 0.5) is 0 Å². The normalized spacial score (nSPS) is 17.7. The topological polar surface area (TPSA) is 97.5 Å². The van der Waals surface area contributed by atoms with Crippen molar-refractivity contribution in [2.75, 3.05) is 12.9 Å². The second-order valence-electron chi connectivity index (χ2n) is 6.16. The van der Waals surface area contributed by atoms with Crippen molar-refractivity contribution in [3.8, 4) is 11.8 Å². The van der Waals surface area contributed by atoms with Gasteiger partial charge in [0.25, 0.3) is 0 Å². The summed E-state index contributed by atoms with van der Waals surface area (Å²) in [6.45, 7) is 0.527. The van der Waals surface area contributed by atoms with Crippen LogP contribution in [-0.4, -0.2) is 42.1 Å². The first-order valence-electron chi connectivity index (χ1n) is 7.57. The van der Waals surface area contributed by atoms with Crippen LogP contribution in [0.15, 0.2) is 10.6 Å². The number of sulfone groups is 1. The number of hydrogen-bond acceptors (Lipinski definition) is 6. The molecule has 1 heterocycles. The van der Waals surface area contributed by atoms with Crippen LogP contribution in [-0.2, 0) is 21.1 Å². The van der Waals surface area contributed by atoms with Gasteiger partial charge in [0.1, 0.15) is 11.4 Å². The molecule has 0 amide bonds. The van der Waals surface area contributed by atoms with Gasteiger partial charge in [0.05, 0.1) is 5.69 Å². The maximum Gasteiger partial charge on any atom is 0.209 e. The van der Waals surface area contributed by atoms with Crippen molar-refractivity contribution >= 4 is 15.6 Å². The van der Waals surface area contributed by atoms with E-state index in [-0.39, 0.29) is 12.8 Å². The standard InChI is InChI=1S/C16H21NO5S/c1-16(15(19)11-18,23(2,20)21)9-8-13-10-14(22-17-13)7-6-12-4-3-5-12/h10,12,18H,3-5,8-9,11H2,1-2H3/t16-/m1/s1. The van der Waals surface area contributed by atoms with Crippen LogP contribution < -0.4 is 0 Å². The first-order valence-corrected chi connectivity index (χ1v) is 9.46. The molecule has 1 aliphatic carbocycles. The molecule has 1 aromatic rings. The minimum atomic E-state index is -3.65. The number of carbonyl (C=O) groups is 1. The Morgan fingerprint density at radius 3 is 2.74 bits per heavy atom. The molecule has 1 aromatic heterocycles. The number of ketones is 1. The van der Waals surface area contributed by atoms with E-state index in [1.807, 2.05) is 0 Å². The van der Waals surface area contributed by atoms with Gasteiger partial charge in [-0.2, -0.15) is 0 Å². The smallest absolute Gasteiger partial charge is 0.209 e. The van der Waals surface area contributed by atoms with Crippen molar-refractivity contribution in [3.05, 3.63) is 17.5 Å². The Labute approximate surface area is 136 Å². The number of Topliss-reactive ketones (excluding diaryl/α,β-unsaturated/α-hetero) is 1. The zero-order chi connectivity index (χ0) is 17.1. The Kier molecular flexibility index (Phi) is 5.27. The fraction of sp³-hybridized carbons (Fsp3) is 0.625. The highest BCUT2D eigenvalue weighted by Gasteiger charge is 2.42. The van der Waals surface area contributed by atoms with E-state index < -0.39 is 27.0 Å². The number of hydrogen-bond donors (Lipinski definition) is 1. The number of aliphatic hydroxyl groups is 1. The minimum absolute atomic E-state index is 0.0350. The lowest BCUT2D eigenvalue weighted by Gasteiger charge is -2.24. The van der Waals surface area contributed by atoms with Crippen molar-refractivity contribution < 1.29 is 22.8 Å². The second kappa shape index (κ2) is 6.85. The summed E-state index contributed by atoms with van der Waals surface area (Å²) in [6, 6.07) is 1.66. The molecular formula is C16H21NO5S. The second-order valence-corrected chi connectivity index (χ2v) is 8.61. The third-order valence-corrected chi connectivity index (χ3v) is 6.54. The maximum absolute atomic E-state index is 11.9. The summed E-state index contributed by atoms with van der Waals surface area (Å²) < 4.78 is 27.3. The number of carbonyl (C=O) groups excluding carboxylic acids is 1. The van der Waals surface area contributed by atoms with Gasteiger partial charge in [0.2, 0.25) is 5.76 Å².